The largest absolute Gasteiger partial charge is 0.355 e. The lowest BCUT2D eigenvalue weighted by Crippen LogP contribution is -2.19. The van der Waals surface area contributed by atoms with Crippen molar-refractivity contribution in [3.05, 3.63) is 98.6 Å². The molecule has 0 spiro atoms. The molecule has 0 unspecified atom stereocenters. The Labute approximate surface area is 172 Å². The molecule has 2 N–H and O–H groups in total. The summed E-state index contributed by atoms with van der Waals surface area (Å²) >= 11 is 6.09. The van der Waals surface area contributed by atoms with Gasteiger partial charge in [0.25, 0.3) is 11.6 Å². The summed E-state index contributed by atoms with van der Waals surface area (Å²) in [4.78, 5) is 23.2. The van der Waals surface area contributed by atoms with Crippen LogP contribution in [0, 0.1) is 17.0 Å². The van der Waals surface area contributed by atoms with Crippen LogP contribution in [0.15, 0.2) is 71.8 Å². The Hall–Kier alpha value is -3.71. The Morgan fingerprint density at radius 1 is 1.07 bits per heavy atom. The number of halogens is 1. The molecule has 0 radical (unpaired) electrons. The molecule has 0 saturated carbocycles. The van der Waals surface area contributed by atoms with Gasteiger partial charge in [0.15, 0.2) is 0 Å². The van der Waals surface area contributed by atoms with Gasteiger partial charge in [-0.25, -0.2) is 5.43 Å². The van der Waals surface area contributed by atoms with E-state index in [-0.39, 0.29) is 11.3 Å². The zero-order valence-electron chi connectivity index (χ0n) is 15.4. The summed E-state index contributed by atoms with van der Waals surface area (Å²) in [7, 11) is 0. The minimum Gasteiger partial charge on any atom is -0.355 e. The van der Waals surface area contributed by atoms with E-state index in [2.05, 4.69) is 15.8 Å². The molecule has 3 aromatic carbocycles. The Bertz CT molecular complexity index is 1100. The first-order valence-corrected chi connectivity index (χ1v) is 9.02. The second-order valence-electron chi connectivity index (χ2n) is 6.14. The molecule has 0 aliphatic carbocycles. The summed E-state index contributed by atoms with van der Waals surface area (Å²) in [5, 5.41) is 18.6. The molecular formula is C21H17ClN4O3. The van der Waals surface area contributed by atoms with Gasteiger partial charge in [-0.3, -0.25) is 14.9 Å². The number of benzene rings is 3. The lowest BCUT2D eigenvalue weighted by atomic mass is 10.1. The third-order valence-corrected chi connectivity index (χ3v) is 4.38. The summed E-state index contributed by atoms with van der Waals surface area (Å²) in [6.07, 6.45) is 1.24. The third-order valence-electron chi connectivity index (χ3n) is 4.14. The highest BCUT2D eigenvalue weighted by Gasteiger charge is 2.13. The molecule has 8 heteroatoms. The molecule has 3 aromatic rings. The Morgan fingerprint density at radius 3 is 2.55 bits per heavy atom. The molecule has 29 heavy (non-hydrogen) atoms. The maximum Gasteiger partial charge on any atom is 0.278 e. The van der Waals surface area contributed by atoms with E-state index in [0.29, 0.717) is 16.3 Å². The second kappa shape index (κ2) is 8.99. The van der Waals surface area contributed by atoms with Crippen LogP contribution in [0.4, 0.5) is 17.1 Å². The summed E-state index contributed by atoms with van der Waals surface area (Å²) in [5.74, 6) is -0.479. The number of para-hydroxylation sites is 2. The number of carbonyl (C=O) groups excluding carboxylic acids is 1. The predicted molar refractivity (Wildman–Crippen MR) is 114 cm³/mol. The number of nitro benzene ring substituents is 1. The maximum absolute atomic E-state index is 12.6. The number of rotatable bonds is 6. The van der Waals surface area contributed by atoms with Crippen LogP contribution in [0.3, 0.4) is 0 Å². The van der Waals surface area contributed by atoms with E-state index < -0.39 is 10.8 Å². The molecule has 0 saturated heterocycles. The van der Waals surface area contributed by atoms with Crippen LogP contribution >= 0.6 is 11.6 Å². The molecule has 7 nitrogen and oxygen atoms in total. The van der Waals surface area contributed by atoms with Crippen molar-refractivity contribution in [3.8, 4) is 0 Å². The van der Waals surface area contributed by atoms with E-state index in [1.54, 1.807) is 36.4 Å². The third kappa shape index (κ3) is 4.97. The SMILES string of the molecule is Cc1ccccc1Nc1cc(Cl)ccc1C(=O)N/N=C/c1ccccc1[N+](=O)[O-]. The lowest BCUT2D eigenvalue weighted by molar-refractivity contribution is -0.385. The standard InChI is InChI=1S/C21H17ClN4O3/c1-14-6-2-4-8-18(14)24-19-12-16(22)10-11-17(19)21(27)25-23-13-15-7-3-5-9-20(15)26(28)29/h2-13,24H,1H3,(H,25,27)/b23-13+. The molecule has 0 bridgehead atoms. The Kier molecular flexibility index (Phi) is 6.21. The number of anilines is 2. The van der Waals surface area contributed by atoms with E-state index in [4.69, 9.17) is 11.6 Å². The molecule has 0 heterocycles. The first-order valence-electron chi connectivity index (χ1n) is 8.65. The van der Waals surface area contributed by atoms with Crippen molar-refractivity contribution in [3.63, 3.8) is 0 Å². The van der Waals surface area contributed by atoms with Crippen LogP contribution in [0.25, 0.3) is 0 Å². The molecule has 0 aliphatic rings. The van der Waals surface area contributed by atoms with Gasteiger partial charge in [-0.15, -0.1) is 0 Å². The molecule has 0 aromatic heterocycles. The number of nitro groups is 1. The number of nitrogens with zero attached hydrogens (tertiary/aromatic N) is 2. The second-order valence-corrected chi connectivity index (χ2v) is 6.58. The van der Waals surface area contributed by atoms with Crippen LogP contribution in [-0.2, 0) is 0 Å². The number of hydrazone groups is 1. The fraction of sp³-hybridized carbons (Fsp3) is 0.0476. The number of nitrogens with one attached hydrogen (secondary N) is 2. The zero-order chi connectivity index (χ0) is 20.8. The van der Waals surface area contributed by atoms with Crippen molar-refractivity contribution in [2.45, 2.75) is 6.92 Å². The lowest BCUT2D eigenvalue weighted by Gasteiger charge is -2.13. The first kappa shape index (κ1) is 20.0. The maximum atomic E-state index is 12.6. The van der Waals surface area contributed by atoms with Crippen LogP contribution < -0.4 is 10.7 Å². The molecule has 0 aliphatic heterocycles. The van der Waals surface area contributed by atoms with Crippen molar-refractivity contribution in [1.82, 2.24) is 5.43 Å². The van der Waals surface area contributed by atoms with Crippen molar-refractivity contribution in [2.75, 3.05) is 5.32 Å². The van der Waals surface area contributed by atoms with E-state index in [1.165, 1.54) is 12.3 Å². The van der Waals surface area contributed by atoms with Gasteiger partial charge in [-0.2, -0.15) is 5.10 Å². The molecular weight excluding hydrogens is 392 g/mol. The van der Waals surface area contributed by atoms with E-state index in [0.717, 1.165) is 11.3 Å². The van der Waals surface area contributed by atoms with Crippen LogP contribution in [0.1, 0.15) is 21.5 Å². The van der Waals surface area contributed by atoms with Crippen molar-refractivity contribution < 1.29 is 9.72 Å². The van der Waals surface area contributed by atoms with Gasteiger partial charge in [-0.05, 0) is 42.8 Å². The summed E-state index contributed by atoms with van der Waals surface area (Å²) in [5.41, 5.74) is 5.28. The molecule has 1 amide bonds. The van der Waals surface area contributed by atoms with Gasteiger partial charge in [0.2, 0.25) is 0 Å². The summed E-state index contributed by atoms with van der Waals surface area (Å²) < 4.78 is 0. The molecule has 0 fully saturated rings. The predicted octanol–water partition coefficient (Wildman–Crippen LogP) is 5.06. The van der Waals surface area contributed by atoms with Crippen LogP contribution in [-0.4, -0.2) is 17.0 Å². The van der Waals surface area contributed by atoms with E-state index in [1.807, 2.05) is 31.2 Å². The zero-order valence-corrected chi connectivity index (χ0v) is 16.2. The number of amides is 1. The van der Waals surface area contributed by atoms with Gasteiger partial charge in [0.1, 0.15) is 0 Å². The minimum atomic E-state index is -0.507. The van der Waals surface area contributed by atoms with Gasteiger partial charge < -0.3 is 5.32 Å². The smallest absolute Gasteiger partial charge is 0.278 e. The highest BCUT2D eigenvalue weighted by Crippen LogP contribution is 2.26. The van der Waals surface area contributed by atoms with Gasteiger partial charge in [0, 0.05) is 16.8 Å². The number of hydrogen-bond donors (Lipinski definition) is 2. The number of hydrogen-bond acceptors (Lipinski definition) is 5. The Balaban J connectivity index is 1.81. The van der Waals surface area contributed by atoms with Crippen molar-refractivity contribution >= 4 is 40.8 Å². The average Bonchev–Trinajstić information content (AvgIpc) is 2.70. The van der Waals surface area contributed by atoms with E-state index >= 15 is 0 Å². The van der Waals surface area contributed by atoms with Gasteiger partial charge >= 0.3 is 0 Å². The first-order chi connectivity index (χ1) is 14.0. The fourth-order valence-corrected chi connectivity index (χ4v) is 2.83. The quantitative estimate of drug-likeness (QED) is 0.338. The van der Waals surface area contributed by atoms with Crippen LogP contribution in [0.5, 0.6) is 0 Å². The number of carbonyl (C=O) groups is 1. The highest BCUT2D eigenvalue weighted by atomic mass is 35.5. The molecule has 3 rings (SSSR count). The monoisotopic (exact) mass is 408 g/mol. The van der Waals surface area contributed by atoms with Gasteiger partial charge in [0.05, 0.1) is 28.0 Å². The molecule has 0 atom stereocenters. The Morgan fingerprint density at radius 2 is 1.79 bits per heavy atom. The minimum absolute atomic E-state index is 0.0982. The van der Waals surface area contributed by atoms with Crippen LogP contribution in [0.2, 0.25) is 5.02 Å². The van der Waals surface area contributed by atoms with Crippen molar-refractivity contribution in [2.24, 2.45) is 5.10 Å². The highest BCUT2D eigenvalue weighted by molar-refractivity contribution is 6.31. The normalized spacial score (nSPS) is 10.7. The molecule has 146 valence electrons. The summed E-state index contributed by atoms with van der Waals surface area (Å²) in [6.45, 7) is 1.95. The topological polar surface area (TPSA) is 96.6 Å². The summed E-state index contributed by atoms with van der Waals surface area (Å²) in [6, 6.07) is 18.6. The fourth-order valence-electron chi connectivity index (χ4n) is 2.66. The van der Waals surface area contributed by atoms with E-state index in [9.17, 15) is 14.9 Å². The van der Waals surface area contributed by atoms with Gasteiger partial charge in [-0.1, -0.05) is 41.9 Å². The average molecular weight is 409 g/mol. The number of aryl methyl sites for hydroxylation is 1. The van der Waals surface area contributed by atoms with Crippen molar-refractivity contribution in [1.29, 1.82) is 0 Å².